The summed E-state index contributed by atoms with van der Waals surface area (Å²) in [4.78, 5) is 23.6. The van der Waals surface area contributed by atoms with Crippen molar-refractivity contribution in [2.24, 2.45) is 5.92 Å². The average Bonchev–Trinajstić information content (AvgIpc) is 3.28. The van der Waals surface area contributed by atoms with Crippen LogP contribution >= 0.6 is 0 Å². The van der Waals surface area contributed by atoms with Crippen LogP contribution in [0.5, 0.6) is 0 Å². The third-order valence-electron chi connectivity index (χ3n) is 4.98. The molecular weight excluding hydrogens is 338 g/mol. The van der Waals surface area contributed by atoms with Gasteiger partial charge in [0.1, 0.15) is 0 Å². The van der Waals surface area contributed by atoms with Crippen molar-refractivity contribution in [1.82, 2.24) is 19.9 Å². The first kappa shape index (κ1) is 17.3. The molecule has 0 atom stereocenters. The van der Waals surface area contributed by atoms with E-state index in [1.807, 2.05) is 55.0 Å². The van der Waals surface area contributed by atoms with Gasteiger partial charge in [-0.25, -0.2) is 4.98 Å². The lowest BCUT2D eigenvalue weighted by atomic mass is 9.95. The van der Waals surface area contributed by atoms with Gasteiger partial charge in [-0.3, -0.25) is 9.78 Å². The van der Waals surface area contributed by atoms with E-state index in [2.05, 4.69) is 30.8 Å². The van der Waals surface area contributed by atoms with E-state index in [-0.39, 0.29) is 11.8 Å². The maximum atomic E-state index is 12.5. The molecule has 1 fully saturated rings. The second-order valence-corrected chi connectivity index (χ2v) is 6.74. The van der Waals surface area contributed by atoms with Gasteiger partial charge >= 0.3 is 0 Å². The molecule has 6 heteroatoms. The normalized spacial score (nSPS) is 14.9. The highest BCUT2D eigenvalue weighted by molar-refractivity contribution is 5.79. The largest absolute Gasteiger partial charge is 0.355 e. The fourth-order valence-corrected chi connectivity index (χ4v) is 3.51. The van der Waals surface area contributed by atoms with Crippen LogP contribution in [0.15, 0.2) is 67.3 Å². The molecule has 1 aliphatic heterocycles. The first-order valence-electron chi connectivity index (χ1n) is 9.32. The molecule has 0 unspecified atom stereocenters. The first-order valence-corrected chi connectivity index (χ1v) is 9.32. The zero-order chi connectivity index (χ0) is 18.5. The number of nitrogens with one attached hydrogen (secondary N) is 1. The van der Waals surface area contributed by atoms with Crippen LogP contribution in [0.2, 0.25) is 0 Å². The molecule has 1 aliphatic rings. The molecule has 1 N–H and O–H groups in total. The monoisotopic (exact) mass is 361 g/mol. The quantitative estimate of drug-likeness (QED) is 0.759. The molecule has 0 saturated carbocycles. The average molecular weight is 361 g/mol. The van der Waals surface area contributed by atoms with Crippen molar-refractivity contribution < 1.29 is 4.79 Å². The first-order chi connectivity index (χ1) is 13.3. The molecular formula is C21H23N5O. The Bertz CT molecular complexity index is 871. The highest BCUT2D eigenvalue weighted by atomic mass is 16.1. The molecule has 138 valence electrons. The van der Waals surface area contributed by atoms with Crippen LogP contribution in [0.25, 0.3) is 5.69 Å². The molecule has 1 saturated heterocycles. The lowest BCUT2D eigenvalue weighted by molar-refractivity contribution is -0.125. The topological polar surface area (TPSA) is 63.1 Å². The number of aromatic nitrogens is 3. The lowest BCUT2D eigenvalue weighted by Gasteiger charge is -2.33. The fraction of sp³-hybridized carbons (Fsp3) is 0.286. The molecule has 4 rings (SSSR count). The summed E-state index contributed by atoms with van der Waals surface area (Å²) < 4.78 is 2.08. The molecule has 0 aliphatic carbocycles. The molecule has 3 aromatic heterocycles. The number of hydrogen-bond donors (Lipinski definition) is 1. The Balaban J connectivity index is 1.36. The predicted octanol–water partition coefficient (Wildman–Crippen LogP) is 2.80. The van der Waals surface area contributed by atoms with Gasteiger partial charge in [0.05, 0.1) is 17.9 Å². The van der Waals surface area contributed by atoms with Crippen LogP contribution in [0.3, 0.4) is 0 Å². The Morgan fingerprint density at radius 1 is 1.00 bits per heavy atom. The van der Waals surface area contributed by atoms with Crippen LogP contribution in [-0.4, -0.2) is 33.5 Å². The van der Waals surface area contributed by atoms with Gasteiger partial charge in [0.25, 0.3) is 0 Å². The van der Waals surface area contributed by atoms with Crippen molar-refractivity contribution in [3.8, 4) is 5.69 Å². The summed E-state index contributed by atoms with van der Waals surface area (Å²) in [6, 6.07) is 13.8. The van der Waals surface area contributed by atoms with Gasteiger partial charge in [-0.05, 0) is 49.2 Å². The van der Waals surface area contributed by atoms with E-state index in [0.717, 1.165) is 43.1 Å². The Kier molecular flexibility index (Phi) is 5.14. The maximum Gasteiger partial charge on any atom is 0.223 e. The van der Waals surface area contributed by atoms with Crippen molar-refractivity contribution in [2.75, 3.05) is 18.0 Å². The highest BCUT2D eigenvalue weighted by Gasteiger charge is 2.26. The molecule has 0 bridgehead atoms. The molecule has 0 spiro atoms. The Morgan fingerprint density at radius 2 is 1.78 bits per heavy atom. The smallest absolute Gasteiger partial charge is 0.223 e. The summed E-state index contributed by atoms with van der Waals surface area (Å²) in [5.41, 5.74) is 1.95. The minimum absolute atomic E-state index is 0.0451. The van der Waals surface area contributed by atoms with Crippen LogP contribution in [-0.2, 0) is 11.3 Å². The van der Waals surface area contributed by atoms with E-state index in [1.165, 1.54) is 0 Å². The van der Waals surface area contributed by atoms with E-state index in [0.29, 0.717) is 6.54 Å². The van der Waals surface area contributed by atoms with Gasteiger partial charge in [0.2, 0.25) is 5.91 Å². The molecule has 0 aromatic carbocycles. The van der Waals surface area contributed by atoms with Crippen LogP contribution in [0.1, 0.15) is 18.5 Å². The summed E-state index contributed by atoms with van der Waals surface area (Å²) in [6.07, 6.45) is 9.28. The Morgan fingerprint density at radius 3 is 2.52 bits per heavy atom. The van der Waals surface area contributed by atoms with E-state index in [9.17, 15) is 4.79 Å². The number of amides is 1. The molecule has 0 radical (unpaired) electrons. The number of carbonyl (C=O) groups is 1. The van der Waals surface area contributed by atoms with Crippen molar-refractivity contribution in [3.05, 3.63) is 72.9 Å². The molecule has 4 heterocycles. The van der Waals surface area contributed by atoms with Gasteiger partial charge in [-0.2, -0.15) is 0 Å². The van der Waals surface area contributed by atoms with Gasteiger partial charge in [-0.1, -0.05) is 6.07 Å². The van der Waals surface area contributed by atoms with Gasteiger partial charge < -0.3 is 14.8 Å². The molecule has 6 nitrogen and oxygen atoms in total. The number of carbonyl (C=O) groups excluding carboxylic acids is 1. The van der Waals surface area contributed by atoms with E-state index < -0.39 is 0 Å². The number of pyridine rings is 2. The van der Waals surface area contributed by atoms with Crippen LogP contribution < -0.4 is 10.2 Å². The zero-order valence-corrected chi connectivity index (χ0v) is 15.2. The van der Waals surface area contributed by atoms with Crippen LogP contribution in [0.4, 0.5) is 5.82 Å². The molecule has 27 heavy (non-hydrogen) atoms. The Labute approximate surface area is 158 Å². The van der Waals surface area contributed by atoms with Crippen molar-refractivity contribution in [2.45, 2.75) is 19.4 Å². The summed E-state index contributed by atoms with van der Waals surface area (Å²) in [7, 11) is 0. The SMILES string of the molecule is O=C(NCc1ccccn1)C1CCN(c2ncccc2-n2cccc2)CC1. The van der Waals surface area contributed by atoms with E-state index in [4.69, 9.17) is 0 Å². The number of rotatable bonds is 5. The fourth-order valence-electron chi connectivity index (χ4n) is 3.51. The maximum absolute atomic E-state index is 12.5. The lowest BCUT2D eigenvalue weighted by Crippen LogP contribution is -2.41. The number of hydrogen-bond acceptors (Lipinski definition) is 4. The van der Waals surface area contributed by atoms with Gasteiger partial charge in [-0.15, -0.1) is 0 Å². The van der Waals surface area contributed by atoms with E-state index in [1.54, 1.807) is 6.20 Å². The van der Waals surface area contributed by atoms with Gasteiger partial charge in [0.15, 0.2) is 5.82 Å². The summed E-state index contributed by atoms with van der Waals surface area (Å²) in [5.74, 6) is 1.14. The van der Waals surface area contributed by atoms with Crippen molar-refractivity contribution in [1.29, 1.82) is 0 Å². The Hall–Kier alpha value is -3.15. The third kappa shape index (κ3) is 4.00. The van der Waals surface area contributed by atoms with E-state index >= 15 is 0 Å². The predicted molar refractivity (Wildman–Crippen MR) is 105 cm³/mol. The highest BCUT2D eigenvalue weighted by Crippen LogP contribution is 2.27. The van der Waals surface area contributed by atoms with Crippen molar-refractivity contribution >= 4 is 11.7 Å². The third-order valence-corrected chi connectivity index (χ3v) is 4.98. The second-order valence-electron chi connectivity index (χ2n) is 6.74. The minimum atomic E-state index is 0.0451. The number of piperidine rings is 1. The summed E-state index contributed by atoms with van der Waals surface area (Å²) >= 11 is 0. The molecule has 3 aromatic rings. The summed E-state index contributed by atoms with van der Waals surface area (Å²) in [5, 5.41) is 3.02. The second kappa shape index (κ2) is 8.03. The summed E-state index contributed by atoms with van der Waals surface area (Å²) in [6.45, 7) is 2.14. The molecule has 1 amide bonds. The minimum Gasteiger partial charge on any atom is -0.355 e. The standard InChI is InChI=1S/C21H23N5O/c27-21(24-16-18-6-1-2-10-22-18)17-8-14-26(15-9-17)20-19(7-5-11-23-20)25-12-3-4-13-25/h1-7,10-13,17H,8-9,14-16H2,(H,24,27). The zero-order valence-electron chi connectivity index (χ0n) is 15.2. The van der Waals surface area contributed by atoms with Crippen LogP contribution in [0, 0.1) is 5.92 Å². The van der Waals surface area contributed by atoms with Crippen molar-refractivity contribution in [3.63, 3.8) is 0 Å². The number of nitrogens with zero attached hydrogens (tertiary/aromatic N) is 4. The van der Waals surface area contributed by atoms with Gasteiger partial charge in [0, 0.05) is 43.8 Å². The number of anilines is 1.